The fraction of sp³-hybridized carbons (Fsp3) is 0.435. The van der Waals surface area contributed by atoms with E-state index in [4.69, 9.17) is 9.47 Å². The molecule has 1 N–H and O–H groups in total. The summed E-state index contributed by atoms with van der Waals surface area (Å²) < 4.78 is 34.7. The third kappa shape index (κ3) is 6.14. The third-order valence-electron chi connectivity index (χ3n) is 5.52. The standard InChI is InChI=1S/C23H27N3O5S/c1-32(28,29)14-11-20(16-9-12-30-13-10-16)25-22(27)19-15-24-21(17-7-8-17)26-23(19)31-18-5-3-2-4-6-18/h2-6,11,14-17,20H,7-10,12-13H2,1H3,(H,25,27). The summed E-state index contributed by atoms with van der Waals surface area (Å²) in [6.45, 7) is 1.15. The maximum absolute atomic E-state index is 13.2. The van der Waals surface area contributed by atoms with Crippen molar-refractivity contribution >= 4 is 15.7 Å². The number of hydrogen-bond donors (Lipinski definition) is 1. The van der Waals surface area contributed by atoms with Gasteiger partial charge in [-0.2, -0.15) is 4.98 Å². The van der Waals surface area contributed by atoms with Crippen molar-refractivity contribution in [1.82, 2.24) is 15.3 Å². The van der Waals surface area contributed by atoms with Gasteiger partial charge in [0.05, 0.1) is 6.04 Å². The quantitative estimate of drug-likeness (QED) is 0.648. The van der Waals surface area contributed by atoms with Crippen LogP contribution in [0.5, 0.6) is 11.6 Å². The molecule has 1 unspecified atom stereocenters. The highest BCUT2D eigenvalue weighted by Crippen LogP contribution is 2.39. The summed E-state index contributed by atoms with van der Waals surface area (Å²) >= 11 is 0. The third-order valence-corrected chi connectivity index (χ3v) is 6.17. The Labute approximate surface area is 188 Å². The normalized spacial score (nSPS) is 18.4. The average Bonchev–Trinajstić information content (AvgIpc) is 3.63. The lowest BCUT2D eigenvalue weighted by Gasteiger charge is -2.29. The number of ether oxygens (including phenoxy) is 2. The number of rotatable bonds is 8. The molecule has 1 saturated carbocycles. The minimum Gasteiger partial charge on any atom is -0.438 e. The Balaban J connectivity index is 1.60. The average molecular weight is 458 g/mol. The molecule has 0 spiro atoms. The number of para-hydroxylation sites is 1. The van der Waals surface area contributed by atoms with E-state index in [9.17, 15) is 13.2 Å². The van der Waals surface area contributed by atoms with Gasteiger partial charge in [-0.15, -0.1) is 0 Å². The van der Waals surface area contributed by atoms with Crippen molar-refractivity contribution in [2.24, 2.45) is 5.92 Å². The Morgan fingerprint density at radius 3 is 2.56 bits per heavy atom. The monoisotopic (exact) mass is 457 g/mol. The molecule has 2 aliphatic rings. The minimum absolute atomic E-state index is 0.0656. The fourth-order valence-electron chi connectivity index (χ4n) is 3.61. The zero-order chi connectivity index (χ0) is 22.6. The molecule has 2 fully saturated rings. The van der Waals surface area contributed by atoms with E-state index in [1.165, 1.54) is 6.20 Å². The highest BCUT2D eigenvalue weighted by molar-refractivity contribution is 7.93. The highest BCUT2D eigenvalue weighted by Gasteiger charge is 2.30. The SMILES string of the molecule is CS(=O)(=O)C=CC(NC(=O)c1cnc(C2CC2)nc1Oc1ccccc1)C1CCOCC1. The van der Waals surface area contributed by atoms with Crippen molar-refractivity contribution in [2.45, 2.75) is 37.6 Å². The molecular weight excluding hydrogens is 430 g/mol. The van der Waals surface area contributed by atoms with Gasteiger partial charge in [-0.1, -0.05) is 24.3 Å². The van der Waals surface area contributed by atoms with E-state index in [2.05, 4.69) is 15.3 Å². The maximum atomic E-state index is 13.2. The maximum Gasteiger partial charge on any atom is 0.258 e. The summed E-state index contributed by atoms with van der Waals surface area (Å²) in [4.78, 5) is 22.2. The van der Waals surface area contributed by atoms with Crippen LogP contribution in [0.4, 0.5) is 0 Å². The molecule has 1 atom stereocenters. The Morgan fingerprint density at radius 1 is 1.19 bits per heavy atom. The van der Waals surface area contributed by atoms with Crippen LogP contribution in [0.1, 0.15) is 47.8 Å². The van der Waals surface area contributed by atoms with Gasteiger partial charge >= 0.3 is 0 Å². The Kier molecular flexibility index (Phi) is 6.86. The molecule has 0 bridgehead atoms. The first kappa shape index (κ1) is 22.4. The molecule has 1 aromatic heterocycles. The minimum atomic E-state index is -3.33. The Hall–Kier alpha value is -2.78. The van der Waals surface area contributed by atoms with Gasteiger partial charge in [0, 0.05) is 37.0 Å². The molecule has 170 valence electrons. The number of benzene rings is 1. The molecule has 8 nitrogen and oxygen atoms in total. The molecule has 1 aromatic carbocycles. The van der Waals surface area contributed by atoms with Gasteiger partial charge in [-0.3, -0.25) is 4.79 Å². The van der Waals surface area contributed by atoms with Gasteiger partial charge in [-0.25, -0.2) is 13.4 Å². The summed E-state index contributed by atoms with van der Waals surface area (Å²) in [6, 6.07) is 8.68. The lowest BCUT2D eigenvalue weighted by atomic mass is 9.91. The summed E-state index contributed by atoms with van der Waals surface area (Å²) in [5, 5.41) is 4.10. The van der Waals surface area contributed by atoms with Crippen molar-refractivity contribution < 1.29 is 22.7 Å². The largest absolute Gasteiger partial charge is 0.438 e. The van der Waals surface area contributed by atoms with Crippen molar-refractivity contribution in [3.8, 4) is 11.6 Å². The number of sulfone groups is 1. The second-order valence-corrected chi connectivity index (χ2v) is 10.2. The van der Waals surface area contributed by atoms with Gasteiger partial charge < -0.3 is 14.8 Å². The second kappa shape index (κ2) is 9.79. The van der Waals surface area contributed by atoms with Crippen LogP contribution in [0.15, 0.2) is 48.0 Å². The van der Waals surface area contributed by atoms with Crippen molar-refractivity contribution in [2.75, 3.05) is 19.5 Å². The molecule has 4 rings (SSSR count). The number of nitrogens with one attached hydrogen (secondary N) is 1. The van der Waals surface area contributed by atoms with Gasteiger partial charge in [0.25, 0.3) is 5.91 Å². The molecule has 1 aliphatic heterocycles. The molecular formula is C23H27N3O5S. The van der Waals surface area contributed by atoms with Crippen LogP contribution < -0.4 is 10.1 Å². The van der Waals surface area contributed by atoms with Crippen LogP contribution >= 0.6 is 0 Å². The van der Waals surface area contributed by atoms with E-state index in [0.29, 0.717) is 30.7 Å². The number of amides is 1. The van der Waals surface area contributed by atoms with E-state index >= 15 is 0 Å². The Bertz CT molecular complexity index is 1080. The zero-order valence-corrected chi connectivity index (χ0v) is 18.8. The van der Waals surface area contributed by atoms with E-state index in [0.717, 1.165) is 37.3 Å². The number of aromatic nitrogens is 2. The molecule has 2 aromatic rings. The first-order valence-electron chi connectivity index (χ1n) is 10.8. The lowest BCUT2D eigenvalue weighted by molar-refractivity contribution is 0.0569. The number of carbonyl (C=O) groups excluding carboxylic acids is 1. The van der Waals surface area contributed by atoms with Crippen LogP contribution in [0, 0.1) is 5.92 Å². The lowest BCUT2D eigenvalue weighted by Crippen LogP contribution is -2.41. The van der Waals surface area contributed by atoms with Crippen LogP contribution in [0.25, 0.3) is 0 Å². The van der Waals surface area contributed by atoms with Gasteiger partial charge in [0.1, 0.15) is 17.1 Å². The van der Waals surface area contributed by atoms with Gasteiger partial charge in [-0.05, 0) is 43.7 Å². The molecule has 1 saturated heterocycles. The molecule has 1 aliphatic carbocycles. The number of nitrogens with zero attached hydrogens (tertiary/aromatic N) is 2. The molecule has 0 radical (unpaired) electrons. The zero-order valence-electron chi connectivity index (χ0n) is 17.9. The first-order valence-corrected chi connectivity index (χ1v) is 12.7. The fourth-order valence-corrected chi connectivity index (χ4v) is 4.06. The van der Waals surface area contributed by atoms with Gasteiger partial charge in [0.15, 0.2) is 9.84 Å². The van der Waals surface area contributed by atoms with Crippen LogP contribution in [-0.4, -0.2) is 49.8 Å². The van der Waals surface area contributed by atoms with E-state index < -0.39 is 21.8 Å². The number of hydrogen-bond acceptors (Lipinski definition) is 7. The smallest absolute Gasteiger partial charge is 0.258 e. The summed E-state index contributed by atoms with van der Waals surface area (Å²) in [5.41, 5.74) is 0.211. The van der Waals surface area contributed by atoms with Crippen LogP contribution in [0.3, 0.4) is 0 Å². The second-order valence-electron chi connectivity index (χ2n) is 8.24. The van der Waals surface area contributed by atoms with Crippen molar-refractivity contribution in [3.05, 3.63) is 59.4 Å². The Morgan fingerprint density at radius 2 is 1.91 bits per heavy atom. The molecule has 2 heterocycles. The van der Waals surface area contributed by atoms with Crippen LogP contribution in [0.2, 0.25) is 0 Å². The summed E-state index contributed by atoms with van der Waals surface area (Å²) in [7, 11) is -3.33. The van der Waals surface area contributed by atoms with Crippen LogP contribution in [-0.2, 0) is 14.6 Å². The molecule has 9 heteroatoms. The summed E-state index contributed by atoms with van der Waals surface area (Å²) in [6.07, 6.45) is 7.67. The van der Waals surface area contributed by atoms with Crippen molar-refractivity contribution in [1.29, 1.82) is 0 Å². The van der Waals surface area contributed by atoms with Crippen molar-refractivity contribution in [3.63, 3.8) is 0 Å². The van der Waals surface area contributed by atoms with Gasteiger partial charge in [0.2, 0.25) is 5.88 Å². The first-order chi connectivity index (χ1) is 15.4. The number of carbonyl (C=O) groups is 1. The predicted molar refractivity (Wildman–Crippen MR) is 119 cm³/mol. The highest BCUT2D eigenvalue weighted by atomic mass is 32.2. The van der Waals surface area contributed by atoms with E-state index in [1.54, 1.807) is 18.2 Å². The van der Waals surface area contributed by atoms with E-state index in [1.807, 2.05) is 18.2 Å². The molecule has 32 heavy (non-hydrogen) atoms. The predicted octanol–water partition coefficient (Wildman–Crippen LogP) is 3.23. The van der Waals surface area contributed by atoms with E-state index in [-0.39, 0.29) is 17.4 Å². The molecule has 1 amide bonds. The summed E-state index contributed by atoms with van der Waals surface area (Å²) in [5.74, 6) is 1.40. The topological polar surface area (TPSA) is 107 Å².